The van der Waals surface area contributed by atoms with Crippen LogP contribution in [0.2, 0.25) is 0 Å². The van der Waals surface area contributed by atoms with Crippen molar-refractivity contribution in [3.05, 3.63) is 29.8 Å². The van der Waals surface area contributed by atoms with Crippen LogP contribution in [0.4, 0.5) is 5.69 Å². The number of carboxylic acids is 1. The second-order valence-corrected chi connectivity index (χ2v) is 4.29. The van der Waals surface area contributed by atoms with Crippen molar-refractivity contribution >= 4 is 17.6 Å². The van der Waals surface area contributed by atoms with Gasteiger partial charge in [-0.15, -0.1) is 0 Å². The molecule has 6 heteroatoms. The lowest BCUT2D eigenvalue weighted by Crippen LogP contribution is -2.55. The topological polar surface area (TPSA) is 78.9 Å². The molecule has 1 aliphatic heterocycles. The Bertz CT molecular complexity index is 489. The summed E-state index contributed by atoms with van der Waals surface area (Å²) in [6.45, 7) is 1.69. The number of aliphatic carboxylic acids is 1. The molecule has 0 aromatic heterocycles. The first-order chi connectivity index (χ1) is 9.13. The smallest absolute Gasteiger partial charge is 0.337 e. The van der Waals surface area contributed by atoms with Crippen molar-refractivity contribution in [1.29, 1.82) is 0 Å². The Morgan fingerprint density at radius 1 is 1.47 bits per heavy atom. The standard InChI is InChI=1S/C13H16N2O4/c1-19-13(18)9-3-2-4-10(7-9)15-6-5-14-8-11(15)12(16)17/h2-4,7,11,14H,5-6,8H2,1H3,(H,16,17). The van der Waals surface area contributed by atoms with E-state index in [9.17, 15) is 14.7 Å². The average molecular weight is 264 g/mol. The lowest BCUT2D eigenvalue weighted by atomic mass is 10.1. The molecule has 0 amide bonds. The van der Waals surface area contributed by atoms with Crippen molar-refractivity contribution in [3.8, 4) is 0 Å². The first-order valence-electron chi connectivity index (χ1n) is 6.02. The van der Waals surface area contributed by atoms with E-state index in [4.69, 9.17) is 0 Å². The van der Waals surface area contributed by atoms with Crippen molar-refractivity contribution in [2.24, 2.45) is 0 Å². The Balaban J connectivity index is 2.29. The lowest BCUT2D eigenvalue weighted by molar-refractivity contribution is -0.138. The zero-order valence-electron chi connectivity index (χ0n) is 10.6. The maximum atomic E-state index is 11.5. The Kier molecular flexibility index (Phi) is 4.01. The van der Waals surface area contributed by atoms with Gasteiger partial charge in [-0.3, -0.25) is 0 Å². The van der Waals surface area contributed by atoms with E-state index >= 15 is 0 Å². The van der Waals surface area contributed by atoms with Crippen molar-refractivity contribution in [3.63, 3.8) is 0 Å². The van der Waals surface area contributed by atoms with Crippen LogP contribution in [0, 0.1) is 0 Å². The summed E-state index contributed by atoms with van der Waals surface area (Å²) in [5.41, 5.74) is 1.14. The molecule has 0 bridgehead atoms. The molecular weight excluding hydrogens is 248 g/mol. The van der Waals surface area contributed by atoms with E-state index in [-0.39, 0.29) is 0 Å². The van der Waals surface area contributed by atoms with Gasteiger partial charge in [-0.25, -0.2) is 9.59 Å². The number of ether oxygens (including phenoxy) is 1. The summed E-state index contributed by atoms with van der Waals surface area (Å²) in [6.07, 6.45) is 0. The summed E-state index contributed by atoms with van der Waals surface area (Å²) < 4.78 is 4.67. The highest BCUT2D eigenvalue weighted by Gasteiger charge is 2.28. The van der Waals surface area contributed by atoms with E-state index in [1.807, 2.05) is 0 Å². The number of anilines is 1. The van der Waals surface area contributed by atoms with Gasteiger partial charge in [0.05, 0.1) is 12.7 Å². The number of carboxylic acid groups (broad SMARTS) is 1. The first-order valence-corrected chi connectivity index (χ1v) is 6.02. The van der Waals surface area contributed by atoms with Gasteiger partial charge >= 0.3 is 11.9 Å². The molecule has 102 valence electrons. The molecule has 0 aliphatic carbocycles. The van der Waals surface area contributed by atoms with Gasteiger partial charge in [-0.1, -0.05) is 6.07 Å². The van der Waals surface area contributed by atoms with Gasteiger partial charge in [0.25, 0.3) is 0 Å². The molecule has 1 aliphatic rings. The van der Waals surface area contributed by atoms with E-state index in [1.165, 1.54) is 7.11 Å². The minimum atomic E-state index is -0.879. The summed E-state index contributed by atoms with van der Waals surface area (Å²) in [5, 5.41) is 12.3. The number of carbonyl (C=O) groups excluding carboxylic acids is 1. The minimum Gasteiger partial charge on any atom is -0.480 e. The minimum absolute atomic E-state index is 0.387. The molecule has 1 atom stereocenters. The second-order valence-electron chi connectivity index (χ2n) is 4.29. The molecule has 1 fully saturated rings. The lowest BCUT2D eigenvalue weighted by Gasteiger charge is -2.35. The second kappa shape index (κ2) is 5.71. The molecule has 0 spiro atoms. The van der Waals surface area contributed by atoms with Crippen LogP contribution in [0.5, 0.6) is 0 Å². The third kappa shape index (κ3) is 2.85. The highest BCUT2D eigenvalue weighted by Crippen LogP contribution is 2.20. The number of hydrogen-bond donors (Lipinski definition) is 2. The molecular formula is C13H16N2O4. The molecule has 6 nitrogen and oxygen atoms in total. The third-order valence-corrected chi connectivity index (χ3v) is 3.13. The largest absolute Gasteiger partial charge is 0.480 e. The summed E-state index contributed by atoms with van der Waals surface area (Å²) in [6, 6.07) is 6.21. The maximum absolute atomic E-state index is 11.5. The van der Waals surface area contributed by atoms with Crippen molar-refractivity contribution in [1.82, 2.24) is 5.32 Å². The molecule has 19 heavy (non-hydrogen) atoms. The summed E-state index contributed by atoms with van der Waals surface area (Å²) >= 11 is 0. The molecule has 2 N–H and O–H groups in total. The van der Waals surface area contributed by atoms with Crippen molar-refractivity contribution < 1.29 is 19.4 Å². The Morgan fingerprint density at radius 3 is 2.95 bits per heavy atom. The van der Waals surface area contributed by atoms with Crippen LogP contribution in [-0.2, 0) is 9.53 Å². The third-order valence-electron chi connectivity index (χ3n) is 3.13. The van der Waals surface area contributed by atoms with Gasteiger partial charge in [0.1, 0.15) is 6.04 Å². The van der Waals surface area contributed by atoms with E-state index < -0.39 is 18.0 Å². The zero-order chi connectivity index (χ0) is 13.8. The van der Waals surface area contributed by atoms with Gasteiger partial charge in [0.15, 0.2) is 0 Å². The number of methoxy groups -OCH3 is 1. The van der Waals surface area contributed by atoms with Crippen LogP contribution in [0.25, 0.3) is 0 Å². The number of esters is 1. The molecule has 1 saturated heterocycles. The summed E-state index contributed by atoms with van der Waals surface area (Å²) in [5.74, 6) is -1.31. The Labute approximate surface area is 111 Å². The van der Waals surface area contributed by atoms with Crippen LogP contribution in [-0.4, -0.2) is 49.8 Å². The number of nitrogens with one attached hydrogen (secondary N) is 1. The molecule has 1 aromatic carbocycles. The maximum Gasteiger partial charge on any atom is 0.337 e. The number of hydrogen-bond acceptors (Lipinski definition) is 5. The van der Waals surface area contributed by atoms with Crippen LogP contribution in [0.3, 0.4) is 0 Å². The number of benzene rings is 1. The molecule has 0 radical (unpaired) electrons. The van der Waals surface area contributed by atoms with Gasteiger partial charge in [0.2, 0.25) is 0 Å². The predicted octanol–water partition coefficient (Wildman–Crippen LogP) is 0.336. The number of rotatable bonds is 3. The van der Waals surface area contributed by atoms with Crippen LogP contribution in [0.15, 0.2) is 24.3 Å². The number of nitrogens with zero attached hydrogens (tertiary/aromatic N) is 1. The predicted molar refractivity (Wildman–Crippen MR) is 69.4 cm³/mol. The molecule has 0 saturated carbocycles. The van der Waals surface area contributed by atoms with E-state index in [2.05, 4.69) is 10.1 Å². The molecule has 1 heterocycles. The fourth-order valence-corrected chi connectivity index (χ4v) is 2.16. The normalized spacial score (nSPS) is 19.0. The van der Waals surface area contributed by atoms with Crippen LogP contribution >= 0.6 is 0 Å². The van der Waals surface area contributed by atoms with Gasteiger partial charge < -0.3 is 20.1 Å². The van der Waals surface area contributed by atoms with Crippen molar-refractivity contribution in [2.75, 3.05) is 31.6 Å². The number of carbonyl (C=O) groups is 2. The van der Waals surface area contributed by atoms with E-state index in [1.54, 1.807) is 29.2 Å². The van der Waals surface area contributed by atoms with E-state index in [0.29, 0.717) is 25.2 Å². The van der Waals surface area contributed by atoms with Crippen LogP contribution < -0.4 is 10.2 Å². The molecule has 1 unspecified atom stereocenters. The fraction of sp³-hybridized carbons (Fsp3) is 0.385. The fourth-order valence-electron chi connectivity index (χ4n) is 2.16. The summed E-state index contributed by atoms with van der Waals surface area (Å²) in [4.78, 5) is 24.5. The highest BCUT2D eigenvalue weighted by atomic mass is 16.5. The van der Waals surface area contributed by atoms with Gasteiger partial charge in [-0.05, 0) is 18.2 Å². The van der Waals surface area contributed by atoms with E-state index in [0.717, 1.165) is 5.69 Å². The average Bonchev–Trinajstić information content (AvgIpc) is 2.46. The van der Waals surface area contributed by atoms with Gasteiger partial charge in [0, 0.05) is 25.3 Å². The zero-order valence-corrected chi connectivity index (χ0v) is 10.6. The Morgan fingerprint density at radius 2 is 2.26 bits per heavy atom. The van der Waals surface area contributed by atoms with Crippen molar-refractivity contribution in [2.45, 2.75) is 6.04 Å². The monoisotopic (exact) mass is 264 g/mol. The number of piperazine rings is 1. The highest BCUT2D eigenvalue weighted by molar-refractivity contribution is 5.90. The van der Waals surface area contributed by atoms with Crippen LogP contribution in [0.1, 0.15) is 10.4 Å². The quantitative estimate of drug-likeness (QED) is 0.766. The molecule has 1 aromatic rings. The first kappa shape index (κ1) is 13.4. The SMILES string of the molecule is COC(=O)c1cccc(N2CCNCC2C(=O)O)c1. The summed E-state index contributed by atoms with van der Waals surface area (Å²) in [7, 11) is 1.32. The van der Waals surface area contributed by atoms with Gasteiger partial charge in [-0.2, -0.15) is 0 Å². The molecule has 2 rings (SSSR count). The Hall–Kier alpha value is -2.08.